The highest BCUT2D eigenvalue weighted by atomic mass is 19.4. The Labute approximate surface area is 182 Å². The molecule has 1 unspecified atom stereocenters. The van der Waals surface area contributed by atoms with Crippen LogP contribution >= 0.6 is 0 Å². The molecule has 3 aromatic rings. The lowest BCUT2D eigenvalue weighted by Crippen LogP contribution is -2.26. The van der Waals surface area contributed by atoms with Gasteiger partial charge in [0.15, 0.2) is 0 Å². The molecule has 1 aliphatic heterocycles. The number of halogens is 6. The third-order valence-electron chi connectivity index (χ3n) is 5.01. The lowest BCUT2D eigenvalue weighted by atomic mass is 10.1. The number of hydrogen-bond acceptors (Lipinski definition) is 6. The molecule has 0 saturated carbocycles. The third kappa shape index (κ3) is 4.94. The van der Waals surface area contributed by atoms with Gasteiger partial charge in [-0.1, -0.05) is 23.4 Å². The molecule has 33 heavy (non-hydrogen) atoms. The Balaban J connectivity index is 1.50. The van der Waals surface area contributed by atoms with Crippen LogP contribution in [0.2, 0.25) is 0 Å². The fourth-order valence-corrected chi connectivity index (χ4v) is 3.52. The van der Waals surface area contributed by atoms with Gasteiger partial charge < -0.3 is 14.2 Å². The number of benzene rings is 2. The molecule has 174 valence electrons. The average Bonchev–Trinajstić information content (AvgIpc) is 3.43. The summed E-state index contributed by atoms with van der Waals surface area (Å²) in [5, 5.41) is 3.32. The predicted molar refractivity (Wildman–Crippen MR) is 103 cm³/mol. The molecule has 0 spiro atoms. The first-order valence-electron chi connectivity index (χ1n) is 9.64. The number of aromatic nitrogens is 2. The van der Waals surface area contributed by atoms with Crippen LogP contribution in [-0.2, 0) is 12.4 Å². The summed E-state index contributed by atoms with van der Waals surface area (Å²) in [4.78, 5) is 15.9. The first-order valence-corrected chi connectivity index (χ1v) is 9.64. The van der Waals surface area contributed by atoms with E-state index in [-0.39, 0.29) is 41.5 Å². The van der Waals surface area contributed by atoms with Gasteiger partial charge in [0.25, 0.3) is 0 Å². The number of anilines is 1. The minimum Gasteiger partial charge on any atom is -0.488 e. The zero-order chi connectivity index (χ0) is 23.8. The topological polar surface area (TPSA) is 68.5 Å². The molecule has 0 amide bonds. The van der Waals surface area contributed by atoms with Crippen molar-refractivity contribution >= 4 is 12.0 Å². The monoisotopic (exact) mass is 471 g/mol. The molecule has 2 aromatic carbocycles. The first kappa shape index (κ1) is 22.6. The van der Waals surface area contributed by atoms with Crippen LogP contribution in [0.1, 0.15) is 28.2 Å². The fourth-order valence-electron chi connectivity index (χ4n) is 3.52. The Morgan fingerprint density at radius 2 is 1.85 bits per heavy atom. The number of ether oxygens (including phenoxy) is 1. The molecule has 0 bridgehead atoms. The van der Waals surface area contributed by atoms with Crippen molar-refractivity contribution in [2.45, 2.75) is 24.9 Å². The fraction of sp³-hybridized carbons (Fsp3) is 0.286. The number of alkyl halides is 6. The Kier molecular flexibility index (Phi) is 5.76. The van der Waals surface area contributed by atoms with Gasteiger partial charge in [-0.2, -0.15) is 31.3 Å². The zero-order valence-corrected chi connectivity index (χ0v) is 16.7. The summed E-state index contributed by atoms with van der Waals surface area (Å²) in [5.74, 6) is -1.47. The Hall–Kier alpha value is -3.57. The summed E-state index contributed by atoms with van der Waals surface area (Å²) < 4.78 is 88.4. The molecular formula is C21H15F6N3O3. The SMILES string of the molecule is O=Cc1ccc(C(F)(F)F)c(N2CCC(Oc3cccc(-c4noc(C(F)(F)F)n4)c3)C2)c1. The second kappa shape index (κ2) is 8.41. The summed E-state index contributed by atoms with van der Waals surface area (Å²) in [6.07, 6.45) is -8.99. The molecular weight excluding hydrogens is 456 g/mol. The second-order valence-electron chi connectivity index (χ2n) is 7.32. The van der Waals surface area contributed by atoms with Gasteiger partial charge in [0.2, 0.25) is 5.82 Å². The van der Waals surface area contributed by atoms with Crippen molar-refractivity contribution in [1.82, 2.24) is 10.1 Å². The highest BCUT2D eigenvalue weighted by Crippen LogP contribution is 2.38. The van der Waals surface area contributed by atoms with Crippen molar-refractivity contribution in [1.29, 1.82) is 0 Å². The van der Waals surface area contributed by atoms with E-state index in [0.717, 1.165) is 12.1 Å². The summed E-state index contributed by atoms with van der Waals surface area (Å²) in [6.45, 7) is 0.381. The average molecular weight is 471 g/mol. The standard InChI is InChI=1S/C21H15F6N3O3/c22-20(23,24)16-5-4-12(11-31)8-17(16)30-7-6-15(10-30)32-14-3-1-2-13(9-14)18-28-19(33-29-18)21(25,26)27/h1-5,8-9,11,15H,6-7,10H2. The largest absolute Gasteiger partial charge is 0.488 e. The number of rotatable bonds is 5. The molecule has 4 rings (SSSR count). The quantitative estimate of drug-likeness (QED) is 0.374. The van der Waals surface area contributed by atoms with E-state index >= 15 is 0 Å². The number of carbonyl (C=O) groups excluding carboxylic acids is 1. The van der Waals surface area contributed by atoms with Crippen LogP contribution in [0.4, 0.5) is 32.0 Å². The van der Waals surface area contributed by atoms with Crippen molar-refractivity contribution < 1.29 is 40.4 Å². The molecule has 0 N–H and O–H groups in total. The highest BCUT2D eigenvalue weighted by molar-refractivity contribution is 5.78. The van der Waals surface area contributed by atoms with E-state index in [1.54, 1.807) is 6.07 Å². The minimum absolute atomic E-state index is 0.113. The van der Waals surface area contributed by atoms with Gasteiger partial charge in [0.1, 0.15) is 18.1 Å². The van der Waals surface area contributed by atoms with Crippen molar-refractivity contribution in [3.63, 3.8) is 0 Å². The van der Waals surface area contributed by atoms with E-state index in [1.165, 1.54) is 29.2 Å². The normalized spacial score (nSPS) is 16.8. The molecule has 0 radical (unpaired) electrons. The van der Waals surface area contributed by atoms with E-state index < -0.39 is 29.9 Å². The Morgan fingerprint density at radius 3 is 2.52 bits per heavy atom. The highest BCUT2D eigenvalue weighted by Gasteiger charge is 2.39. The van der Waals surface area contributed by atoms with Crippen LogP contribution < -0.4 is 9.64 Å². The summed E-state index contributed by atoms with van der Waals surface area (Å²) in [7, 11) is 0. The minimum atomic E-state index is -4.77. The van der Waals surface area contributed by atoms with Gasteiger partial charge in [-0.25, -0.2) is 0 Å². The van der Waals surface area contributed by atoms with E-state index in [1.807, 2.05) is 0 Å². The van der Waals surface area contributed by atoms with Crippen LogP contribution in [-0.4, -0.2) is 35.6 Å². The van der Waals surface area contributed by atoms with Crippen LogP contribution in [0.15, 0.2) is 47.0 Å². The second-order valence-corrected chi connectivity index (χ2v) is 7.32. The van der Waals surface area contributed by atoms with Gasteiger partial charge in [-0.3, -0.25) is 4.79 Å². The Bertz CT molecular complexity index is 1160. The van der Waals surface area contributed by atoms with E-state index in [2.05, 4.69) is 14.7 Å². The maximum Gasteiger partial charge on any atom is 0.471 e. The van der Waals surface area contributed by atoms with E-state index in [0.29, 0.717) is 12.7 Å². The predicted octanol–water partition coefficient (Wildman–Crippen LogP) is 5.24. The Morgan fingerprint density at radius 1 is 1.06 bits per heavy atom. The molecule has 12 heteroatoms. The molecule has 0 aliphatic carbocycles. The zero-order valence-electron chi connectivity index (χ0n) is 16.7. The van der Waals surface area contributed by atoms with Crippen molar-refractivity contribution in [2.75, 3.05) is 18.0 Å². The third-order valence-corrected chi connectivity index (χ3v) is 5.01. The van der Waals surface area contributed by atoms with Crippen LogP contribution in [0.3, 0.4) is 0 Å². The van der Waals surface area contributed by atoms with Crippen molar-refractivity contribution in [2.24, 2.45) is 0 Å². The van der Waals surface area contributed by atoms with Gasteiger partial charge in [-0.05, 0) is 24.3 Å². The van der Waals surface area contributed by atoms with Crippen molar-refractivity contribution in [3.8, 4) is 17.1 Å². The summed E-state index contributed by atoms with van der Waals surface area (Å²) in [5.41, 5.74) is -0.625. The molecule has 6 nitrogen and oxygen atoms in total. The van der Waals surface area contributed by atoms with Crippen LogP contribution in [0, 0.1) is 0 Å². The smallest absolute Gasteiger partial charge is 0.471 e. The van der Waals surface area contributed by atoms with Gasteiger partial charge >= 0.3 is 18.2 Å². The summed E-state index contributed by atoms with van der Waals surface area (Å²) in [6, 6.07) is 9.14. The maximum absolute atomic E-state index is 13.4. The number of hydrogen-bond donors (Lipinski definition) is 0. The first-order chi connectivity index (χ1) is 15.5. The number of aldehydes is 1. The molecule has 2 heterocycles. The van der Waals surface area contributed by atoms with E-state index in [9.17, 15) is 31.1 Å². The van der Waals surface area contributed by atoms with Crippen molar-refractivity contribution in [3.05, 3.63) is 59.5 Å². The lowest BCUT2D eigenvalue weighted by molar-refractivity contribution is -0.159. The van der Waals surface area contributed by atoms with Crippen LogP contribution in [0.5, 0.6) is 5.75 Å². The lowest BCUT2D eigenvalue weighted by Gasteiger charge is -2.23. The molecule has 1 saturated heterocycles. The van der Waals surface area contributed by atoms with Crippen LogP contribution in [0.25, 0.3) is 11.4 Å². The maximum atomic E-state index is 13.4. The van der Waals surface area contributed by atoms with E-state index in [4.69, 9.17) is 4.74 Å². The molecule has 1 aromatic heterocycles. The van der Waals surface area contributed by atoms with Gasteiger partial charge in [-0.15, -0.1) is 0 Å². The molecule has 1 atom stereocenters. The van der Waals surface area contributed by atoms with Gasteiger partial charge in [0.05, 0.1) is 12.1 Å². The summed E-state index contributed by atoms with van der Waals surface area (Å²) >= 11 is 0. The molecule has 1 fully saturated rings. The number of nitrogens with zero attached hydrogens (tertiary/aromatic N) is 3. The van der Waals surface area contributed by atoms with Gasteiger partial charge in [0, 0.05) is 29.8 Å². The number of carbonyl (C=O) groups is 1. The molecule has 1 aliphatic rings.